The van der Waals surface area contributed by atoms with E-state index in [-0.39, 0.29) is 17.9 Å². The van der Waals surface area contributed by atoms with Gasteiger partial charge in [0.2, 0.25) is 5.91 Å². The van der Waals surface area contributed by atoms with E-state index >= 15 is 0 Å². The number of aryl methyl sites for hydroxylation is 1. The molecule has 0 saturated heterocycles. The molecule has 1 aliphatic carbocycles. The summed E-state index contributed by atoms with van der Waals surface area (Å²) < 4.78 is 6.19. The number of ether oxygens (including phenoxy) is 1. The molecule has 0 bridgehead atoms. The molecular formula is C33H39N3O3. The Morgan fingerprint density at radius 3 is 2.51 bits per heavy atom. The summed E-state index contributed by atoms with van der Waals surface area (Å²) in [6.45, 7) is 2.56. The van der Waals surface area contributed by atoms with Gasteiger partial charge in [-0.2, -0.15) is 0 Å². The highest BCUT2D eigenvalue weighted by Gasteiger charge is 2.35. The van der Waals surface area contributed by atoms with Gasteiger partial charge in [-0.1, -0.05) is 62.6 Å². The number of benzene rings is 2. The standard InChI is InChI=1S/C33H39N3O3/c1-2-3-5-10-24-15-17-27(18-16-24)35-32(37)31-21-25-11-8-9-12-26(25)23-36(31)33(38)30-22-29(19-20-34-30)39-28-13-6-4-7-14-28/h8-9,11-12,15-20,22,28,31H,2-7,10,13-14,21,23H2,1H3,(H,35,37)/t31-/m0/s1. The zero-order valence-corrected chi connectivity index (χ0v) is 22.9. The van der Waals surface area contributed by atoms with Crippen LogP contribution in [0.5, 0.6) is 5.75 Å². The molecule has 2 amide bonds. The molecule has 6 nitrogen and oxygen atoms in total. The summed E-state index contributed by atoms with van der Waals surface area (Å²) in [7, 11) is 0. The van der Waals surface area contributed by atoms with E-state index in [1.54, 1.807) is 17.2 Å². The highest BCUT2D eigenvalue weighted by atomic mass is 16.5. The zero-order chi connectivity index (χ0) is 27.0. The van der Waals surface area contributed by atoms with Gasteiger partial charge in [-0.25, -0.2) is 0 Å². The average Bonchev–Trinajstić information content (AvgIpc) is 2.98. The smallest absolute Gasteiger partial charge is 0.273 e. The van der Waals surface area contributed by atoms with Crippen molar-refractivity contribution in [2.75, 3.05) is 5.32 Å². The van der Waals surface area contributed by atoms with Crippen LogP contribution < -0.4 is 10.1 Å². The molecule has 3 aromatic rings. The average molecular weight is 526 g/mol. The van der Waals surface area contributed by atoms with Gasteiger partial charge in [-0.3, -0.25) is 14.6 Å². The highest BCUT2D eigenvalue weighted by molar-refractivity contribution is 6.01. The molecule has 0 radical (unpaired) electrons. The summed E-state index contributed by atoms with van der Waals surface area (Å²) in [6, 6.07) is 19.0. The van der Waals surface area contributed by atoms with Gasteiger partial charge in [0.15, 0.2) is 0 Å². The number of rotatable bonds is 9. The molecule has 2 aliphatic rings. The Balaban J connectivity index is 1.33. The fourth-order valence-corrected chi connectivity index (χ4v) is 5.65. The first kappa shape index (κ1) is 26.9. The van der Waals surface area contributed by atoms with Crippen LogP contribution in [0.15, 0.2) is 66.9 Å². The van der Waals surface area contributed by atoms with Crippen molar-refractivity contribution in [2.24, 2.45) is 0 Å². The molecular weight excluding hydrogens is 486 g/mol. The fourth-order valence-electron chi connectivity index (χ4n) is 5.65. The lowest BCUT2D eigenvalue weighted by molar-refractivity contribution is -0.121. The Labute approximate surface area is 231 Å². The van der Waals surface area contributed by atoms with Crippen molar-refractivity contribution < 1.29 is 14.3 Å². The summed E-state index contributed by atoms with van der Waals surface area (Å²) in [5.41, 5.74) is 4.46. The molecule has 6 heteroatoms. The first-order valence-electron chi connectivity index (χ1n) is 14.5. The highest BCUT2D eigenvalue weighted by Crippen LogP contribution is 2.28. The molecule has 1 aliphatic heterocycles. The largest absolute Gasteiger partial charge is 0.490 e. The number of hydrogen-bond donors (Lipinski definition) is 1. The van der Waals surface area contributed by atoms with Crippen LogP contribution in [-0.4, -0.2) is 33.8 Å². The summed E-state index contributed by atoms with van der Waals surface area (Å²) in [5.74, 6) is 0.217. The van der Waals surface area contributed by atoms with Crippen LogP contribution >= 0.6 is 0 Å². The SMILES string of the molecule is CCCCCc1ccc(NC(=O)[C@@H]2Cc3ccccc3CN2C(=O)c2cc(OC3CCCCC3)ccn2)cc1. The summed E-state index contributed by atoms with van der Waals surface area (Å²) >= 11 is 0. The number of anilines is 1. The first-order valence-corrected chi connectivity index (χ1v) is 14.5. The number of amides is 2. The van der Waals surface area contributed by atoms with Crippen molar-refractivity contribution in [1.82, 2.24) is 9.88 Å². The number of nitrogens with zero attached hydrogens (tertiary/aromatic N) is 2. The van der Waals surface area contributed by atoms with Gasteiger partial charge in [0, 0.05) is 30.9 Å². The third kappa shape index (κ3) is 6.86. The number of carbonyl (C=O) groups is 2. The normalized spacial score (nSPS) is 17.4. The molecule has 1 N–H and O–H groups in total. The van der Waals surface area contributed by atoms with Crippen LogP contribution in [-0.2, 0) is 24.2 Å². The summed E-state index contributed by atoms with van der Waals surface area (Å²) in [4.78, 5) is 33.5. The third-order valence-electron chi connectivity index (χ3n) is 7.91. The first-order chi connectivity index (χ1) is 19.1. The quantitative estimate of drug-likeness (QED) is 0.314. The van der Waals surface area contributed by atoms with Crippen LogP contribution in [0.2, 0.25) is 0 Å². The molecule has 5 rings (SSSR count). The summed E-state index contributed by atoms with van der Waals surface area (Å²) in [5, 5.41) is 3.06. The summed E-state index contributed by atoms with van der Waals surface area (Å²) in [6.07, 6.45) is 12.6. The number of carbonyl (C=O) groups excluding carboxylic acids is 2. The molecule has 0 unspecified atom stereocenters. The minimum atomic E-state index is -0.638. The molecule has 2 heterocycles. The Morgan fingerprint density at radius 2 is 1.74 bits per heavy atom. The van der Waals surface area contributed by atoms with Gasteiger partial charge in [0.05, 0.1) is 6.10 Å². The monoisotopic (exact) mass is 525 g/mol. The van der Waals surface area contributed by atoms with E-state index in [2.05, 4.69) is 29.4 Å². The second-order valence-electron chi connectivity index (χ2n) is 10.8. The van der Waals surface area contributed by atoms with Gasteiger partial charge < -0.3 is 15.0 Å². The molecule has 0 spiro atoms. The van der Waals surface area contributed by atoms with Crippen molar-refractivity contribution in [2.45, 2.75) is 89.8 Å². The zero-order valence-electron chi connectivity index (χ0n) is 22.9. The maximum atomic E-state index is 13.8. The Bertz CT molecular complexity index is 1270. The van der Waals surface area contributed by atoms with Crippen molar-refractivity contribution >= 4 is 17.5 Å². The second-order valence-corrected chi connectivity index (χ2v) is 10.8. The second kappa shape index (κ2) is 12.9. The number of aromatic nitrogens is 1. The molecule has 204 valence electrons. The van der Waals surface area contributed by atoms with Gasteiger partial charge in [-0.15, -0.1) is 0 Å². The van der Waals surface area contributed by atoms with Gasteiger partial charge in [0.1, 0.15) is 17.5 Å². The predicted octanol–water partition coefficient (Wildman–Crippen LogP) is 6.73. The molecule has 1 aromatic heterocycles. The third-order valence-corrected chi connectivity index (χ3v) is 7.91. The van der Waals surface area contributed by atoms with Crippen LogP contribution in [0.4, 0.5) is 5.69 Å². The van der Waals surface area contributed by atoms with Crippen molar-refractivity contribution in [3.63, 3.8) is 0 Å². The molecule has 2 aromatic carbocycles. The van der Waals surface area contributed by atoms with Crippen molar-refractivity contribution in [3.05, 3.63) is 89.2 Å². The van der Waals surface area contributed by atoms with Crippen molar-refractivity contribution in [1.29, 1.82) is 0 Å². The number of pyridine rings is 1. The minimum Gasteiger partial charge on any atom is -0.490 e. The maximum Gasteiger partial charge on any atom is 0.273 e. The number of unbranched alkanes of at least 4 members (excludes halogenated alkanes) is 2. The Hall–Kier alpha value is -3.67. The van der Waals surface area contributed by atoms with Crippen LogP contribution in [0.25, 0.3) is 0 Å². The van der Waals surface area contributed by atoms with Crippen LogP contribution in [0, 0.1) is 0 Å². The van der Waals surface area contributed by atoms with Gasteiger partial charge >= 0.3 is 0 Å². The van der Waals surface area contributed by atoms with Crippen LogP contribution in [0.3, 0.4) is 0 Å². The topological polar surface area (TPSA) is 71.5 Å². The Morgan fingerprint density at radius 1 is 0.974 bits per heavy atom. The van der Waals surface area contributed by atoms with Crippen molar-refractivity contribution in [3.8, 4) is 5.75 Å². The van der Waals surface area contributed by atoms with Crippen LogP contribution in [0.1, 0.15) is 85.5 Å². The lowest BCUT2D eigenvalue weighted by Gasteiger charge is -2.36. The lowest BCUT2D eigenvalue weighted by atomic mass is 9.93. The minimum absolute atomic E-state index is 0.183. The molecule has 1 saturated carbocycles. The molecule has 1 atom stereocenters. The van der Waals surface area contributed by atoms with E-state index < -0.39 is 6.04 Å². The Kier molecular flexibility index (Phi) is 8.92. The van der Waals surface area contributed by atoms with Gasteiger partial charge in [-0.05, 0) is 73.4 Å². The number of nitrogens with one attached hydrogen (secondary N) is 1. The molecule has 1 fully saturated rings. The van der Waals surface area contributed by atoms with Gasteiger partial charge in [0.25, 0.3) is 5.91 Å². The maximum absolute atomic E-state index is 13.8. The van der Waals surface area contributed by atoms with E-state index in [0.29, 0.717) is 24.4 Å². The van der Waals surface area contributed by atoms with E-state index in [4.69, 9.17) is 4.74 Å². The molecule has 39 heavy (non-hydrogen) atoms. The fraction of sp³-hybridized carbons (Fsp3) is 0.424. The predicted molar refractivity (Wildman–Crippen MR) is 154 cm³/mol. The van der Waals surface area contributed by atoms with E-state index in [9.17, 15) is 9.59 Å². The number of hydrogen-bond acceptors (Lipinski definition) is 4. The van der Waals surface area contributed by atoms with E-state index in [0.717, 1.165) is 36.1 Å². The number of fused-ring (bicyclic) bond motifs is 1. The van der Waals surface area contributed by atoms with E-state index in [1.807, 2.05) is 42.5 Å². The van der Waals surface area contributed by atoms with E-state index in [1.165, 1.54) is 44.1 Å². The lowest BCUT2D eigenvalue weighted by Crippen LogP contribution is -2.50.